The summed E-state index contributed by atoms with van der Waals surface area (Å²) >= 11 is 0. The van der Waals surface area contributed by atoms with Crippen LogP contribution in [-0.4, -0.2) is 72.3 Å². The first-order chi connectivity index (χ1) is 22.9. The van der Waals surface area contributed by atoms with Crippen LogP contribution >= 0.6 is 12.4 Å². The predicted octanol–water partition coefficient (Wildman–Crippen LogP) is 3.21. The summed E-state index contributed by atoms with van der Waals surface area (Å²) in [5.41, 5.74) is 6.27. The summed E-state index contributed by atoms with van der Waals surface area (Å²) in [6.45, 7) is 1.71. The van der Waals surface area contributed by atoms with Gasteiger partial charge in [0.05, 0.1) is 24.0 Å². The highest BCUT2D eigenvalue weighted by atomic mass is 35.5. The van der Waals surface area contributed by atoms with Gasteiger partial charge in [0.25, 0.3) is 15.9 Å². The van der Waals surface area contributed by atoms with Crippen LogP contribution in [-0.2, 0) is 42.2 Å². The van der Waals surface area contributed by atoms with Gasteiger partial charge in [0.2, 0.25) is 11.8 Å². The number of nitrogens with zero attached hydrogens (tertiary/aromatic N) is 2. The van der Waals surface area contributed by atoms with E-state index in [-0.39, 0.29) is 49.8 Å². The molecule has 15 heteroatoms. The molecule has 0 unspecified atom stereocenters. The third-order valence-electron chi connectivity index (χ3n) is 9.75. The number of halogens is 2. The molecule has 1 saturated carbocycles. The fourth-order valence-corrected chi connectivity index (χ4v) is 8.20. The molecule has 0 aromatic heterocycles. The fourth-order valence-electron chi connectivity index (χ4n) is 6.91. The number of rotatable bonds is 4. The van der Waals surface area contributed by atoms with E-state index in [1.807, 2.05) is 12.2 Å². The Hall–Kier alpha value is -4.01. The fraction of sp³-hybridized carbons (Fsp3) is 0.471. The molecule has 6 rings (SSSR count). The summed E-state index contributed by atoms with van der Waals surface area (Å²) in [6.07, 6.45) is 5.71. The number of hydrogen-bond donors (Lipinski definition) is 3. The second-order valence-corrected chi connectivity index (χ2v) is 14.8. The number of allylic oxidation sites excluding steroid dienone is 1. The van der Waals surface area contributed by atoms with Crippen LogP contribution in [0.4, 0.5) is 9.18 Å². The quantitative estimate of drug-likeness (QED) is 0.406. The largest absolute Gasteiger partial charge is 0.444 e. The molecule has 2 fully saturated rings. The van der Waals surface area contributed by atoms with Gasteiger partial charge in [0.15, 0.2) is 0 Å². The van der Waals surface area contributed by atoms with E-state index in [1.165, 1.54) is 21.9 Å². The molecule has 0 bridgehead atoms. The van der Waals surface area contributed by atoms with E-state index in [2.05, 4.69) is 10.0 Å². The monoisotopic (exact) mass is 717 g/mol. The van der Waals surface area contributed by atoms with Gasteiger partial charge in [-0.05, 0) is 55.9 Å². The van der Waals surface area contributed by atoms with Gasteiger partial charge in [-0.25, -0.2) is 22.3 Å². The minimum absolute atomic E-state index is 0. The highest BCUT2D eigenvalue weighted by molar-refractivity contribution is 7.90. The lowest BCUT2D eigenvalue weighted by Gasteiger charge is -2.28. The van der Waals surface area contributed by atoms with Gasteiger partial charge in [0, 0.05) is 24.4 Å². The molecule has 264 valence electrons. The van der Waals surface area contributed by atoms with Gasteiger partial charge in [-0.2, -0.15) is 0 Å². The third kappa shape index (κ3) is 7.46. The first-order valence-corrected chi connectivity index (χ1v) is 17.8. The summed E-state index contributed by atoms with van der Waals surface area (Å²) in [5.74, 6) is -2.93. The molecule has 5 atom stereocenters. The molecular weight excluding hydrogens is 677 g/mol. The Kier molecular flexibility index (Phi) is 10.7. The van der Waals surface area contributed by atoms with Crippen molar-refractivity contribution >= 4 is 46.2 Å². The van der Waals surface area contributed by atoms with Crippen LogP contribution in [0.15, 0.2) is 59.5 Å². The van der Waals surface area contributed by atoms with E-state index in [9.17, 15) is 32.0 Å². The van der Waals surface area contributed by atoms with Crippen LogP contribution in [0.2, 0.25) is 0 Å². The van der Waals surface area contributed by atoms with E-state index in [0.29, 0.717) is 36.0 Å². The summed E-state index contributed by atoms with van der Waals surface area (Å²) in [7, 11) is -4.26. The zero-order valence-electron chi connectivity index (χ0n) is 27.1. The number of nitrogens with one attached hydrogen (secondary N) is 2. The molecule has 1 saturated heterocycles. The molecule has 3 heterocycles. The van der Waals surface area contributed by atoms with Gasteiger partial charge < -0.3 is 20.7 Å². The number of nitrogens with two attached hydrogens (primary N) is 1. The van der Waals surface area contributed by atoms with E-state index in [1.54, 1.807) is 37.3 Å². The lowest BCUT2D eigenvalue weighted by Crippen LogP contribution is -2.57. The average Bonchev–Trinajstić information content (AvgIpc) is 3.34. The van der Waals surface area contributed by atoms with Crippen molar-refractivity contribution in [3.8, 4) is 0 Å². The van der Waals surface area contributed by atoms with Crippen molar-refractivity contribution in [1.29, 1.82) is 0 Å². The first-order valence-electron chi connectivity index (χ1n) is 16.3. The first kappa shape index (κ1) is 36.3. The molecule has 0 radical (unpaired) electrons. The molecule has 4 N–H and O–H groups in total. The molecule has 4 aliphatic rings. The molecule has 2 aromatic rings. The zero-order valence-corrected chi connectivity index (χ0v) is 28.7. The van der Waals surface area contributed by atoms with Crippen molar-refractivity contribution in [3.63, 3.8) is 0 Å². The predicted molar refractivity (Wildman–Crippen MR) is 179 cm³/mol. The smallest absolute Gasteiger partial charge is 0.410 e. The second kappa shape index (κ2) is 14.5. The molecule has 2 aromatic carbocycles. The topological polar surface area (TPSA) is 168 Å². The minimum Gasteiger partial charge on any atom is -0.444 e. The van der Waals surface area contributed by atoms with Crippen molar-refractivity contribution in [2.45, 2.75) is 93.6 Å². The number of amides is 4. The summed E-state index contributed by atoms with van der Waals surface area (Å²) in [6, 6.07) is 8.86. The summed E-state index contributed by atoms with van der Waals surface area (Å²) in [4.78, 5) is 57.1. The van der Waals surface area contributed by atoms with E-state index < -0.39 is 69.3 Å². The Bertz CT molecular complexity index is 1770. The minimum atomic E-state index is -4.26. The van der Waals surface area contributed by atoms with Crippen LogP contribution in [0, 0.1) is 18.7 Å². The second-order valence-electron chi connectivity index (χ2n) is 13.1. The normalized spacial score (nSPS) is 27.7. The maximum absolute atomic E-state index is 14.3. The van der Waals surface area contributed by atoms with Crippen LogP contribution in [0.5, 0.6) is 0 Å². The number of carbonyl (C=O) groups excluding carboxylic acids is 4. The van der Waals surface area contributed by atoms with E-state index in [0.717, 1.165) is 12.8 Å². The average molecular weight is 718 g/mol. The van der Waals surface area contributed by atoms with Crippen LogP contribution < -0.4 is 15.8 Å². The Morgan fingerprint density at radius 3 is 2.61 bits per heavy atom. The van der Waals surface area contributed by atoms with Crippen molar-refractivity contribution in [1.82, 2.24) is 19.8 Å². The van der Waals surface area contributed by atoms with Crippen molar-refractivity contribution < 1.29 is 36.7 Å². The van der Waals surface area contributed by atoms with Crippen molar-refractivity contribution in [2.24, 2.45) is 11.7 Å². The molecule has 1 aliphatic carbocycles. The molecule has 12 nitrogen and oxygen atoms in total. The number of carbonyl (C=O) groups is 4. The number of fused-ring (bicyclic) bond motifs is 3. The third-order valence-corrected chi connectivity index (χ3v) is 11.2. The maximum atomic E-state index is 14.3. The molecular formula is C34H41ClFN5O7S. The Balaban J connectivity index is 0.00000468. The van der Waals surface area contributed by atoms with Crippen LogP contribution in [0.25, 0.3) is 0 Å². The highest BCUT2D eigenvalue weighted by Gasteiger charge is 2.61. The Morgan fingerprint density at radius 2 is 1.86 bits per heavy atom. The summed E-state index contributed by atoms with van der Waals surface area (Å²) < 4.78 is 48.7. The molecule has 3 aliphatic heterocycles. The van der Waals surface area contributed by atoms with Gasteiger partial charge in [-0.1, -0.05) is 55.3 Å². The molecule has 4 amide bonds. The zero-order chi connectivity index (χ0) is 34.2. The Labute approximate surface area is 291 Å². The lowest BCUT2D eigenvalue weighted by atomic mass is 10.1. The standard InChI is InChI=1S/C34H40FN5O7S.ClH/c1-21-10-7-8-15-29(21)48(45,46)38-32(43)34-17-23(34)12-5-3-2-4-6-14-27(36)31(42)40-19-24(16-28(40)30(41)37-34)47-33(44)39-18-22-11-9-13-26(35)25(22)20-39;/h5,7-13,15,23-24,27-28H,2-4,6,14,16-20,36H2,1H3,(H,37,41)(H,38,43);1H/b12-5-;/t23-,24-,27+,28+,34-;/m1./s1. The molecule has 49 heavy (non-hydrogen) atoms. The number of aryl methyl sites for hydroxylation is 1. The van der Waals surface area contributed by atoms with Crippen molar-refractivity contribution in [3.05, 3.63) is 77.1 Å². The number of hydrogen-bond acceptors (Lipinski definition) is 8. The van der Waals surface area contributed by atoms with E-state index >= 15 is 0 Å². The number of ether oxygens (including phenoxy) is 1. The summed E-state index contributed by atoms with van der Waals surface area (Å²) in [5, 5.41) is 2.79. The van der Waals surface area contributed by atoms with E-state index in [4.69, 9.17) is 10.5 Å². The van der Waals surface area contributed by atoms with Gasteiger partial charge in [-0.3, -0.25) is 19.3 Å². The van der Waals surface area contributed by atoms with Crippen molar-refractivity contribution in [2.75, 3.05) is 6.54 Å². The van der Waals surface area contributed by atoms with Crippen LogP contribution in [0.3, 0.4) is 0 Å². The maximum Gasteiger partial charge on any atom is 0.410 e. The highest BCUT2D eigenvalue weighted by Crippen LogP contribution is 2.46. The lowest BCUT2D eigenvalue weighted by molar-refractivity contribution is -0.140. The SMILES string of the molecule is Cc1ccccc1S(=O)(=O)NC(=O)[C@@]12C[C@H]1/C=C\CCCCC[C@H](N)C(=O)N1C[C@H](OC(=O)N3Cc4cccc(F)c4C3)C[C@H]1C(=O)N2.Cl. The Morgan fingerprint density at radius 1 is 1.08 bits per heavy atom. The number of sulfonamides is 1. The molecule has 0 spiro atoms. The van der Waals surface area contributed by atoms with Gasteiger partial charge >= 0.3 is 6.09 Å². The van der Waals surface area contributed by atoms with Gasteiger partial charge in [0.1, 0.15) is 23.5 Å². The van der Waals surface area contributed by atoms with Crippen LogP contribution in [0.1, 0.15) is 61.6 Å². The number of benzene rings is 2. The van der Waals surface area contributed by atoms with Gasteiger partial charge in [-0.15, -0.1) is 12.4 Å².